The Balaban J connectivity index is 0.699. The standard InChI is InChI=1S/C48H59F2N9O6/c1-56(19-20-57-21-22-64-36(27-57)16-18-52-39-4-2-3-37-38(39)28-58(48(37)63)41-13-14-43(61)54-46(41)62)25-31-8-11-35(12-9-31)59-26-33(44(55-59)45(49)50)24-42(60)40-29-65-47(53-40)32-15-17-51-34(23-32)10-7-30-5-6-30/h2-4,15,17,23,26,29-31,35-36,41,45,52H,5-14,16,18-22,24-25,27-28H2,1H3,(H,54,61,62)/t31?,35?,36-,41?/m0/s1. The molecule has 17 heteroatoms. The van der Waals surface area contributed by atoms with Crippen molar-refractivity contribution in [2.45, 2.75) is 108 Å². The maximum atomic E-state index is 14.2. The van der Waals surface area contributed by atoms with Crippen LogP contribution in [0.3, 0.4) is 0 Å². The highest BCUT2D eigenvalue weighted by atomic mass is 19.3. The molecule has 15 nitrogen and oxygen atoms in total. The molecule has 346 valence electrons. The van der Waals surface area contributed by atoms with Crippen LogP contribution in [-0.2, 0) is 33.7 Å². The van der Waals surface area contributed by atoms with E-state index >= 15 is 0 Å². The molecule has 2 saturated carbocycles. The number of amides is 3. The van der Waals surface area contributed by atoms with Crippen molar-refractivity contribution in [3.05, 3.63) is 82.8 Å². The van der Waals surface area contributed by atoms with Gasteiger partial charge in [-0.1, -0.05) is 18.9 Å². The maximum absolute atomic E-state index is 14.2. The molecular formula is C48H59F2N9O6. The van der Waals surface area contributed by atoms with Gasteiger partial charge in [0.25, 0.3) is 12.3 Å². The summed E-state index contributed by atoms with van der Waals surface area (Å²) in [7, 11) is 2.16. The number of ketones is 1. The molecule has 4 fully saturated rings. The summed E-state index contributed by atoms with van der Waals surface area (Å²) in [6.07, 6.45) is 11.2. The minimum Gasteiger partial charge on any atom is -0.444 e. The number of benzene rings is 1. The van der Waals surface area contributed by atoms with E-state index < -0.39 is 24.2 Å². The number of aromatic nitrogens is 4. The fourth-order valence-electron chi connectivity index (χ4n) is 9.97. The first-order chi connectivity index (χ1) is 31.5. The van der Waals surface area contributed by atoms with Crippen LogP contribution in [0.15, 0.2) is 53.4 Å². The Morgan fingerprint density at radius 1 is 1.05 bits per heavy atom. The molecule has 2 atom stereocenters. The van der Waals surface area contributed by atoms with Gasteiger partial charge >= 0.3 is 0 Å². The number of hydrogen-bond acceptors (Lipinski definition) is 12. The largest absolute Gasteiger partial charge is 0.444 e. The second-order valence-electron chi connectivity index (χ2n) is 18.7. The van der Waals surface area contributed by atoms with Gasteiger partial charge in [0.05, 0.1) is 18.8 Å². The number of alkyl halides is 2. The number of Topliss-reactive ketones (excluding diaryl/α,β-unsaturated/α-hetero) is 1. The SMILES string of the molecule is CN(CCN1CCO[C@@H](CCNc2cccc3c2CN(C2CCC(=O)NC2=O)C3=O)C1)CC1CCC(n2cc(CC(=O)c3coc(-c4ccnc(CCC5CC5)c4)n3)c(C(F)F)n2)CC1. The number of imide groups is 1. The Hall–Kier alpha value is -5.39. The molecule has 0 bridgehead atoms. The summed E-state index contributed by atoms with van der Waals surface area (Å²) in [5, 5.41) is 10.2. The maximum Gasteiger partial charge on any atom is 0.282 e. The summed E-state index contributed by atoms with van der Waals surface area (Å²) in [4.78, 5) is 66.0. The van der Waals surface area contributed by atoms with Crippen LogP contribution in [0.25, 0.3) is 11.5 Å². The van der Waals surface area contributed by atoms with Crippen LogP contribution < -0.4 is 10.6 Å². The number of nitrogens with zero attached hydrogens (tertiary/aromatic N) is 7. The zero-order chi connectivity index (χ0) is 45.0. The second kappa shape index (κ2) is 20.0. The average molecular weight is 896 g/mol. The Bertz CT molecular complexity index is 2360. The molecule has 0 spiro atoms. The molecule has 3 aromatic heterocycles. The van der Waals surface area contributed by atoms with Crippen molar-refractivity contribution in [2.24, 2.45) is 11.8 Å². The number of carbonyl (C=O) groups is 4. The molecule has 2 aliphatic carbocycles. The van der Waals surface area contributed by atoms with Crippen LogP contribution in [-0.4, -0.2) is 123 Å². The average Bonchev–Trinajstić information content (AvgIpc) is 3.65. The van der Waals surface area contributed by atoms with Gasteiger partial charge in [0.15, 0.2) is 5.78 Å². The van der Waals surface area contributed by atoms with Crippen molar-refractivity contribution < 1.29 is 37.1 Å². The van der Waals surface area contributed by atoms with E-state index in [-0.39, 0.29) is 53.8 Å². The third-order valence-corrected chi connectivity index (χ3v) is 13.9. The van der Waals surface area contributed by atoms with Crippen LogP contribution in [0.4, 0.5) is 14.5 Å². The molecule has 5 aliphatic rings. The summed E-state index contributed by atoms with van der Waals surface area (Å²) in [5.41, 5.74) is 4.00. The van der Waals surface area contributed by atoms with Crippen molar-refractivity contribution in [3.8, 4) is 11.5 Å². The minimum atomic E-state index is -2.80. The van der Waals surface area contributed by atoms with Gasteiger partial charge in [-0.05, 0) is 94.5 Å². The number of likely N-dealkylation sites (N-methyl/N-ethyl adjacent to an activating group) is 1. The Morgan fingerprint density at radius 2 is 1.88 bits per heavy atom. The number of anilines is 1. The fourth-order valence-corrected chi connectivity index (χ4v) is 9.97. The highest BCUT2D eigenvalue weighted by Gasteiger charge is 2.40. The summed E-state index contributed by atoms with van der Waals surface area (Å²) in [6.45, 7) is 6.17. The zero-order valence-electron chi connectivity index (χ0n) is 37.1. The van der Waals surface area contributed by atoms with Crippen molar-refractivity contribution in [2.75, 3.05) is 58.2 Å². The minimum absolute atomic E-state index is 0.00466. The second-order valence-corrected chi connectivity index (χ2v) is 18.7. The number of piperidine rings is 1. The molecule has 1 unspecified atom stereocenters. The summed E-state index contributed by atoms with van der Waals surface area (Å²) >= 11 is 0. The van der Waals surface area contributed by atoms with Crippen molar-refractivity contribution in [1.82, 2.24) is 39.8 Å². The van der Waals surface area contributed by atoms with E-state index in [0.717, 1.165) is 106 Å². The van der Waals surface area contributed by atoms with E-state index in [1.165, 1.54) is 19.1 Å². The highest BCUT2D eigenvalue weighted by Crippen LogP contribution is 2.36. The number of aryl methyl sites for hydroxylation is 1. The first-order valence-electron chi connectivity index (χ1n) is 23.4. The monoisotopic (exact) mass is 895 g/mol. The predicted molar refractivity (Wildman–Crippen MR) is 236 cm³/mol. The van der Waals surface area contributed by atoms with Crippen LogP contribution in [0.5, 0.6) is 0 Å². The number of hydrogen-bond donors (Lipinski definition) is 2. The Labute approximate surface area is 377 Å². The number of morpholine rings is 1. The Kier molecular flexibility index (Phi) is 13.8. The van der Waals surface area contributed by atoms with E-state index in [1.54, 1.807) is 34.1 Å². The molecular weight excluding hydrogens is 837 g/mol. The molecule has 2 N–H and O–H groups in total. The molecule has 4 aromatic rings. The molecule has 3 amide bonds. The molecule has 3 aliphatic heterocycles. The Morgan fingerprint density at radius 3 is 2.68 bits per heavy atom. The molecule has 2 saturated heterocycles. The van der Waals surface area contributed by atoms with Gasteiger partial charge in [-0.3, -0.25) is 39.1 Å². The van der Waals surface area contributed by atoms with Crippen LogP contribution in [0, 0.1) is 11.8 Å². The topological polar surface area (TPSA) is 168 Å². The van der Waals surface area contributed by atoms with Crippen LogP contribution >= 0.6 is 0 Å². The van der Waals surface area contributed by atoms with Crippen molar-refractivity contribution in [3.63, 3.8) is 0 Å². The number of pyridine rings is 1. The third-order valence-electron chi connectivity index (χ3n) is 13.9. The van der Waals surface area contributed by atoms with Crippen molar-refractivity contribution in [1.29, 1.82) is 0 Å². The van der Waals surface area contributed by atoms with Crippen molar-refractivity contribution >= 4 is 29.2 Å². The van der Waals surface area contributed by atoms with Crippen LogP contribution in [0.1, 0.15) is 120 Å². The fraction of sp³-hybridized carbons (Fsp3) is 0.562. The number of oxazole rings is 1. The summed E-state index contributed by atoms with van der Waals surface area (Å²) in [6, 6.07) is 8.68. The first-order valence-corrected chi connectivity index (χ1v) is 23.4. The molecule has 1 aromatic carbocycles. The first kappa shape index (κ1) is 44.8. The number of fused-ring (bicyclic) bond motifs is 1. The molecule has 65 heavy (non-hydrogen) atoms. The van der Waals surface area contributed by atoms with E-state index in [2.05, 4.69) is 42.5 Å². The van der Waals surface area contributed by atoms with Gasteiger partial charge < -0.3 is 24.3 Å². The molecule has 6 heterocycles. The summed E-state index contributed by atoms with van der Waals surface area (Å²) in [5.74, 6) is 0.295. The van der Waals surface area contributed by atoms with Gasteiger partial charge in [-0.2, -0.15) is 5.10 Å². The smallest absolute Gasteiger partial charge is 0.282 e. The molecule has 0 radical (unpaired) electrons. The predicted octanol–water partition coefficient (Wildman–Crippen LogP) is 6.27. The van der Waals surface area contributed by atoms with Gasteiger partial charge in [-0.15, -0.1) is 0 Å². The quantitative estimate of drug-likeness (QED) is 0.0802. The van der Waals surface area contributed by atoms with E-state index in [9.17, 15) is 28.0 Å². The van der Waals surface area contributed by atoms with Gasteiger partial charge in [0, 0.05) is 105 Å². The molecule has 9 rings (SSSR count). The number of carbonyl (C=O) groups excluding carboxylic acids is 4. The van der Waals surface area contributed by atoms with Gasteiger partial charge in [-0.25, -0.2) is 13.8 Å². The lowest BCUT2D eigenvalue weighted by atomic mass is 9.86. The summed E-state index contributed by atoms with van der Waals surface area (Å²) < 4.78 is 42.0. The zero-order valence-corrected chi connectivity index (χ0v) is 37.1. The lowest BCUT2D eigenvalue weighted by molar-refractivity contribution is -0.136. The lowest BCUT2D eigenvalue weighted by Gasteiger charge is -2.35. The number of halogens is 2. The number of nitrogens with one attached hydrogen (secondary N) is 2. The van der Waals surface area contributed by atoms with Gasteiger partial charge in [0.2, 0.25) is 17.7 Å². The van der Waals surface area contributed by atoms with E-state index in [0.29, 0.717) is 43.5 Å². The van der Waals surface area contributed by atoms with Gasteiger partial charge in [0.1, 0.15) is 23.7 Å². The number of rotatable bonds is 19. The van der Waals surface area contributed by atoms with E-state index in [1.807, 2.05) is 18.2 Å². The third kappa shape index (κ3) is 10.8. The number of ether oxygens (including phenoxy) is 1. The van der Waals surface area contributed by atoms with E-state index in [4.69, 9.17) is 9.15 Å². The normalized spacial score (nSPS) is 22.8. The van der Waals surface area contributed by atoms with Crippen LogP contribution in [0.2, 0.25) is 0 Å². The lowest BCUT2D eigenvalue weighted by Crippen LogP contribution is -2.52. The highest BCUT2D eigenvalue weighted by molar-refractivity contribution is 6.06.